The highest BCUT2D eigenvalue weighted by Gasteiger charge is 2.23. The second kappa shape index (κ2) is 11.0. The monoisotopic (exact) mass is 497 g/mol. The van der Waals surface area contributed by atoms with E-state index in [0.717, 1.165) is 17.4 Å². The summed E-state index contributed by atoms with van der Waals surface area (Å²) in [5.41, 5.74) is 2.36. The third-order valence-electron chi connectivity index (χ3n) is 5.03. The number of esters is 1. The van der Waals surface area contributed by atoms with Crippen LogP contribution in [-0.2, 0) is 19.6 Å². The Morgan fingerprint density at radius 2 is 1.60 bits per heavy atom. The number of rotatable bonds is 9. The second-order valence-corrected chi connectivity index (χ2v) is 9.41. The van der Waals surface area contributed by atoms with Crippen molar-refractivity contribution in [2.45, 2.75) is 24.8 Å². The van der Waals surface area contributed by atoms with Crippen molar-refractivity contribution in [1.82, 2.24) is 0 Å². The van der Waals surface area contributed by atoms with E-state index in [1.807, 2.05) is 56.3 Å². The van der Waals surface area contributed by atoms with Gasteiger partial charge in [-0.05, 0) is 68.4 Å². The van der Waals surface area contributed by atoms with Gasteiger partial charge in [0.1, 0.15) is 10.6 Å². The number of carbonyl (C=O) groups is 2. The van der Waals surface area contributed by atoms with Crippen LogP contribution in [0.1, 0.15) is 24.2 Å². The molecule has 9 nitrogen and oxygen atoms in total. The molecule has 0 fully saturated rings. The van der Waals surface area contributed by atoms with Crippen molar-refractivity contribution in [3.63, 3.8) is 0 Å². The summed E-state index contributed by atoms with van der Waals surface area (Å²) < 4.78 is 33.7. The van der Waals surface area contributed by atoms with Crippen LogP contribution in [0.25, 0.3) is 0 Å². The summed E-state index contributed by atoms with van der Waals surface area (Å²) in [6.45, 7) is 3.16. The number of para-hydroxylation sites is 1. The lowest BCUT2D eigenvalue weighted by Crippen LogP contribution is -2.39. The molecule has 0 aromatic heterocycles. The molecular formula is C25H27N3O6S. The topological polar surface area (TPSA) is 128 Å². The molecule has 0 saturated carbocycles. The van der Waals surface area contributed by atoms with E-state index in [2.05, 4.69) is 5.32 Å². The second-order valence-electron chi connectivity index (χ2n) is 7.88. The van der Waals surface area contributed by atoms with E-state index in [1.165, 1.54) is 24.1 Å². The Hall–Kier alpha value is -3.89. The molecule has 10 heteroatoms. The molecule has 0 aliphatic rings. The minimum Gasteiger partial charge on any atom is -0.495 e. The van der Waals surface area contributed by atoms with Crippen LogP contribution in [0.2, 0.25) is 0 Å². The lowest BCUT2D eigenvalue weighted by molar-refractivity contribution is -0.122. The van der Waals surface area contributed by atoms with Crippen molar-refractivity contribution in [1.29, 1.82) is 0 Å². The zero-order valence-corrected chi connectivity index (χ0v) is 20.4. The van der Waals surface area contributed by atoms with Gasteiger partial charge in [0.15, 0.2) is 6.61 Å². The lowest BCUT2D eigenvalue weighted by atomic mass is 10.2. The summed E-state index contributed by atoms with van der Waals surface area (Å²) in [5, 5.41) is 8.47. The molecule has 3 aromatic carbocycles. The normalized spacial score (nSPS) is 11.1. The highest BCUT2D eigenvalue weighted by molar-refractivity contribution is 7.89. The van der Waals surface area contributed by atoms with Crippen LogP contribution < -0.4 is 20.1 Å². The molecule has 184 valence electrons. The summed E-state index contributed by atoms with van der Waals surface area (Å²) in [6, 6.07) is 20.5. The maximum atomic E-state index is 12.9. The third-order valence-corrected chi connectivity index (χ3v) is 5.96. The average molecular weight is 498 g/mol. The Morgan fingerprint density at radius 1 is 0.971 bits per heavy atom. The quantitative estimate of drug-likeness (QED) is 0.432. The first-order valence-electron chi connectivity index (χ1n) is 10.7. The standard InChI is InChI=1S/C25H27N3O6S/c1-17(2)28(21-12-10-20(11-13-21)27-19-7-5-4-6-8-19)24(29)16-34-25(30)18-9-14-22(33-3)23(15-18)35(26,31)32/h4-15,17,27H,16H2,1-3H3,(H2,26,31,32). The van der Waals surface area contributed by atoms with Crippen LogP contribution in [0, 0.1) is 0 Å². The maximum absolute atomic E-state index is 12.9. The number of nitrogens with one attached hydrogen (secondary N) is 1. The molecule has 35 heavy (non-hydrogen) atoms. The molecule has 0 aliphatic heterocycles. The van der Waals surface area contributed by atoms with Crippen LogP contribution in [0.5, 0.6) is 5.75 Å². The first kappa shape index (κ1) is 25.7. The summed E-state index contributed by atoms with van der Waals surface area (Å²) in [4.78, 5) is 26.6. The van der Waals surface area contributed by atoms with Crippen molar-refractivity contribution < 1.29 is 27.5 Å². The van der Waals surface area contributed by atoms with E-state index in [1.54, 1.807) is 12.1 Å². The van der Waals surface area contributed by atoms with E-state index < -0.39 is 28.5 Å². The van der Waals surface area contributed by atoms with Crippen LogP contribution in [0.3, 0.4) is 0 Å². The van der Waals surface area contributed by atoms with Crippen molar-refractivity contribution >= 4 is 39.0 Å². The summed E-state index contributed by atoms with van der Waals surface area (Å²) in [6.07, 6.45) is 0. The Balaban J connectivity index is 1.70. The van der Waals surface area contributed by atoms with Gasteiger partial charge in [-0.2, -0.15) is 0 Å². The van der Waals surface area contributed by atoms with Gasteiger partial charge in [-0.15, -0.1) is 0 Å². The number of ether oxygens (including phenoxy) is 2. The predicted octanol–water partition coefficient (Wildman–Crippen LogP) is 3.68. The van der Waals surface area contributed by atoms with Crippen molar-refractivity contribution in [3.05, 3.63) is 78.4 Å². The molecule has 0 spiro atoms. The van der Waals surface area contributed by atoms with Crippen molar-refractivity contribution in [2.75, 3.05) is 23.9 Å². The molecule has 0 saturated heterocycles. The fourth-order valence-corrected chi connectivity index (χ4v) is 4.15. The number of nitrogens with two attached hydrogens (primary N) is 1. The fourth-order valence-electron chi connectivity index (χ4n) is 3.43. The van der Waals surface area contributed by atoms with E-state index in [4.69, 9.17) is 14.6 Å². The first-order valence-corrected chi connectivity index (χ1v) is 12.3. The first-order chi connectivity index (χ1) is 16.6. The SMILES string of the molecule is COc1ccc(C(=O)OCC(=O)N(c2ccc(Nc3ccccc3)cc2)C(C)C)cc1S(N)(=O)=O. The molecule has 0 aliphatic carbocycles. The minimum absolute atomic E-state index is 0.00342. The number of hydrogen-bond acceptors (Lipinski definition) is 7. The molecule has 3 aromatic rings. The van der Waals surface area contributed by atoms with Crippen molar-refractivity contribution in [3.8, 4) is 5.75 Å². The average Bonchev–Trinajstić information content (AvgIpc) is 2.83. The minimum atomic E-state index is -4.13. The molecular weight excluding hydrogens is 470 g/mol. The van der Waals surface area contributed by atoms with Gasteiger partial charge in [-0.1, -0.05) is 18.2 Å². The van der Waals surface area contributed by atoms with Crippen LogP contribution >= 0.6 is 0 Å². The van der Waals surface area contributed by atoms with E-state index in [0.29, 0.717) is 5.69 Å². The lowest BCUT2D eigenvalue weighted by Gasteiger charge is -2.27. The van der Waals surface area contributed by atoms with Gasteiger partial charge in [0.2, 0.25) is 10.0 Å². The molecule has 0 bridgehead atoms. The highest BCUT2D eigenvalue weighted by Crippen LogP contribution is 2.25. The highest BCUT2D eigenvalue weighted by atomic mass is 32.2. The Bertz CT molecular complexity index is 1290. The van der Waals surface area contributed by atoms with Gasteiger partial charge < -0.3 is 19.7 Å². The fraction of sp³-hybridized carbons (Fsp3) is 0.200. The molecule has 0 radical (unpaired) electrons. The van der Waals surface area contributed by atoms with Gasteiger partial charge in [0.25, 0.3) is 5.91 Å². The van der Waals surface area contributed by atoms with E-state index in [9.17, 15) is 18.0 Å². The molecule has 0 heterocycles. The van der Waals surface area contributed by atoms with Gasteiger partial charge in [0.05, 0.1) is 12.7 Å². The van der Waals surface area contributed by atoms with Crippen LogP contribution in [0.15, 0.2) is 77.7 Å². The van der Waals surface area contributed by atoms with Gasteiger partial charge in [-0.3, -0.25) is 4.79 Å². The number of sulfonamides is 1. The molecule has 0 atom stereocenters. The van der Waals surface area contributed by atoms with Gasteiger partial charge >= 0.3 is 5.97 Å². The van der Waals surface area contributed by atoms with Crippen molar-refractivity contribution in [2.24, 2.45) is 5.14 Å². The Morgan fingerprint density at radius 3 is 2.17 bits per heavy atom. The molecule has 1 amide bonds. The number of anilines is 3. The Kier molecular flexibility index (Phi) is 8.10. The van der Waals surface area contributed by atoms with E-state index in [-0.39, 0.29) is 22.3 Å². The number of benzene rings is 3. The van der Waals surface area contributed by atoms with E-state index >= 15 is 0 Å². The zero-order chi connectivity index (χ0) is 25.6. The zero-order valence-electron chi connectivity index (χ0n) is 19.6. The summed E-state index contributed by atoms with van der Waals surface area (Å²) >= 11 is 0. The van der Waals surface area contributed by atoms with Gasteiger partial charge in [-0.25, -0.2) is 18.4 Å². The third kappa shape index (κ3) is 6.58. The predicted molar refractivity (Wildman–Crippen MR) is 133 cm³/mol. The molecule has 3 rings (SSSR count). The largest absolute Gasteiger partial charge is 0.495 e. The van der Waals surface area contributed by atoms with Crippen LogP contribution in [-0.4, -0.2) is 40.1 Å². The van der Waals surface area contributed by atoms with Gasteiger partial charge in [0, 0.05) is 23.1 Å². The Labute approximate surface area is 204 Å². The summed E-state index contributed by atoms with van der Waals surface area (Å²) in [7, 11) is -2.85. The number of nitrogens with zero attached hydrogens (tertiary/aromatic N) is 1. The molecule has 3 N–H and O–H groups in total. The number of carbonyl (C=O) groups excluding carboxylic acids is 2. The molecule has 0 unspecified atom stereocenters. The smallest absolute Gasteiger partial charge is 0.338 e. The number of methoxy groups -OCH3 is 1. The number of amides is 1. The maximum Gasteiger partial charge on any atom is 0.338 e. The summed E-state index contributed by atoms with van der Waals surface area (Å²) in [5.74, 6) is -1.30. The van der Waals surface area contributed by atoms with Crippen LogP contribution in [0.4, 0.5) is 17.1 Å². The number of primary sulfonamides is 1. The number of hydrogen-bond donors (Lipinski definition) is 2.